The van der Waals surface area contributed by atoms with Crippen molar-refractivity contribution in [3.05, 3.63) is 0 Å². The molecule has 1 rings (SSSR count). The first-order chi connectivity index (χ1) is 7.35. The summed E-state index contributed by atoms with van der Waals surface area (Å²) < 4.78 is 5.42. The van der Waals surface area contributed by atoms with E-state index in [-0.39, 0.29) is 11.1 Å². The van der Waals surface area contributed by atoms with Gasteiger partial charge in [0.25, 0.3) is 0 Å². The van der Waals surface area contributed by atoms with Gasteiger partial charge in [-0.2, -0.15) is 0 Å². The van der Waals surface area contributed by atoms with Gasteiger partial charge in [0.2, 0.25) is 0 Å². The fourth-order valence-electron chi connectivity index (χ4n) is 2.40. The molecule has 0 atom stereocenters. The lowest BCUT2D eigenvalue weighted by atomic mass is 9.81. The van der Waals surface area contributed by atoms with Gasteiger partial charge in [-0.25, -0.2) is 0 Å². The van der Waals surface area contributed by atoms with Gasteiger partial charge in [-0.15, -0.1) is 0 Å². The zero-order chi connectivity index (χ0) is 13.4. The highest BCUT2D eigenvalue weighted by Gasteiger charge is 2.37. The smallest absolute Gasteiger partial charge is 0.0606 e. The zero-order valence-electron chi connectivity index (χ0n) is 12.9. The van der Waals surface area contributed by atoms with Crippen molar-refractivity contribution in [3.63, 3.8) is 0 Å². The van der Waals surface area contributed by atoms with Gasteiger partial charge >= 0.3 is 0 Å². The van der Waals surface area contributed by atoms with Crippen LogP contribution in [0.5, 0.6) is 0 Å². The van der Waals surface area contributed by atoms with E-state index in [2.05, 4.69) is 33.0 Å². The van der Waals surface area contributed by atoms with Gasteiger partial charge in [-0.3, -0.25) is 0 Å². The number of piperidine rings is 1. The summed E-state index contributed by atoms with van der Waals surface area (Å²) >= 11 is 0. The van der Waals surface area contributed by atoms with Crippen molar-refractivity contribution >= 4 is 0 Å². The molecule has 1 saturated heterocycles. The third-order valence-corrected chi connectivity index (χ3v) is 2.49. The molecule has 0 unspecified atom stereocenters. The number of rotatable bonds is 1. The Morgan fingerprint density at radius 2 is 1.19 bits per heavy atom. The highest BCUT2D eigenvalue weighted by atomic mass is 16.5. The number of ether oxygens (including phenoxy) is 1. The SMILES string of the molecule is CC.CC.COC1CC(C)(C)NC(C)(C)C1. The Hall–Kier alpha value is -0.0800. The zero-order valence-corrected chi connectivity index (χ0v) is 12.9. The van der Waals surface area contributed by atoms with Crippen LogP contribution in [0.25, 0.3) is 0 Å². The van der Waals surface area contributed by atoms with Crippen LogP contribution in [0.3, 0.4) is 0 Å². The van der Waals surface area contributed by atoms with Crippen molar-refractivity contribution in [2.24, 2.45) is 0 Å². The molecular formula is C14H33NO. The molecule has 0 aromatic heterocycles. The molecule has 0 bridgehead atoms. The van der Waals surface area contributed by atoms with Crippen LogP contribution in [0.2, 0.25) is 0 Å². The van der Waals surface area contributed by atoms with E-state index in [0.717, 1.165) is 12.8 Å². The monoisotopic (exact) mass is 231 g/mol. The summed E-state index contributed by atoms with van der Waals surface area (Å²) in [5.74, 6) is 0. The van der Waals surface area contributed by atoms with E-state index in [4.69, 9.17) is 4.74 Å². The predicted molar refractivity (Wildman–Crippen MR) is 74.0 cm³/mol. The van der Waals surface area contributed by atoms with E-state index in [9.17, 15) is 0 Å². The van der Waals surface area contributed by atoms with Crippen LogP contribution in [-0.2, 0) is 4.74 Å². The van der Waals surface area contributed by atoms with E-state index in [1.54, 1.807) is 0 Å². The number of hydrogen-bond donors (Lipinski definition) is 1. The van der Waals surface area contributed by atoms with Crippen LogP contribution in [-0.4, -0.2) is 24.3 Å². The van der Waals surface area contributed by atoms with E-state index in [0.29, 0.717) is 6.10 Å². The van der Waals surface area contributed by atoms with Gasteiger partial charge in [0.1, 0.15) is 0 Å². The highest BCUT2D eigenvalue weighted by molar-refractivity contribution is 4.97. The van der Waals surface area contributed by atoms with Crippen molar-refractivity contribution in [3.8, 4) is 0 Å². The van der Waals surface area contributed by atoms with E-state index in [1.165, 1.54) is 0 Å². The first-order valence-electron chi connectivity index (χ1n) is 6.67. The molecule has 2 heteroatoms. The number of methoxy groups -OCH3 is 1. The van der Waals surface area contributed by atoms with E-state index >= 15 is 0 Å². The second kappa shape index (κ2) is 8.08. The van der Waals surface area contributed by atoms with Crippen molar-refractivity contribution < 1.29 is 4.74 Å². The molecule has 1 aliphatic rings. The van der Waals surface area contributed by atoms with Crippen LogP contribution in [0.4, 0.5) is 0 Å². The molecule has 16 heavy (non-hydrogen) atoms. The van der Waals surface area contributed by atoms with E-state index < -0.39 is 0 Å². The highest BCUT2D eigenvalue weighted by Crippen LogP contribution is 2.29. The quantitative estimate of drug-likeness (QED) is 0.736. The fraction of sp³-hybridized carbons (Fsp3) is 1.00. The van der Waals surface area contributed by atoms with Crippen LogP contribution < -0.4 is 5.32 Å². The Bertz CT molecular complexity index is 148. The van der Waals surface area contributed by atoms with Crippen LogP contribution in [0.1, 0.15) is 68.2 Å². The standard InChI is InChI=1S/C10H21NO.2C2H6/c1-9(2)6-8(12-5)7-10(3,4)11-9;2*1-2/h8,11H,6-7H2,1-5H3;2*1-2H3. The minimum absolute atomic E-state index is 0.211. The third kappa shape index (κ3) is 7.24. The Morgan fingerprint density at radius 1 is 0.875 bits per heavy atom. The predicted octanol–water partition coefficient (Wildman–Crippen LogP) is 3.99. The van der Waals surface area contributed by atoms with Gasteiger partial charge in [-0.05, 0) is 40.5 Å². The summed E-state index contributed by atoms with van der Waals surface area (Å²) in [6.07, 6.45) is 2.62. The molecule has 1 N–H and O–H groups in total. The Morgan fingerprint density at radius 3 is 1.44 bits per heavy atom. The maximum Gasteiger partial charge on any atom is 0.0606 e. The normalized spacial score (nSPS) is 22.3. The molecule has 1 heterocycles. The summed E-state index contributed by atoms with van der Waals surface area (Å²) in [7, 11) is 1.81. The maximum atomic E-state index is 5.42. The molecule has 1 fully saturated rings. The second-order valence-corrected chi connectivity index (χ2v) is 5.16. The average Bonchev–Trinajstić information content (AvgIpc) is 2.19. The molecule has 0 spiro atoms. The summed E-state index contributed by atoms with van der Waals surface area (Å²) in [5.41, 5.74) is 0.421. The van der Waals surface area contributed by atoms with Crippen molar-refractivity contribution in [1.82, 2.24) is 5.32 Å². The van der Waals surface area contributed by atoms with Crippen LogP contribution in [0, 0.1) is 0 Å². The summed E-state index contributed by atoms with van der Waals surface area (Å²) in [6, 6.07) is 0. The number of nitrogens with one attached hydrogen (secondary N) is 1. The lowest BCUT2D eigenvalue weighted by Gasteiger charge is -2.45. The molecule has 0 aliphatic carbocycles. The van der Waals surface area contributed by atoms with Gasteiger partial charge in [0.05, 0.1) is 6.10 Å². The minimum Gasteiger partial charge on any atom is -0.381 e. The minimum atomic E-state index is 0.211. The Labute approximate surface area is 103 Å². The molecular weight excluding hydrogens is 198 g/mol. The maximum absolute atomic E-state index is 5.42. The van der Waals surface area contributed by atoms with Crippen molar-refractivity contribution in [1.29, 1.82) is 0 Å². The van der Waals surface area contributed by atoms with Gasteiger partial charge in [0, 0.05) is 18.2 Å². The van der Waals surface area contributed by atoms with Gasteiger partial charge in [-0.1, -0.05) is 27.7 Å². The molecule has 0 aromatic carbocycles. The Balaban J connectivity index is 0. The fourth-order valence-corrected chi connectivity index (χ4v) is 2.40. The second-order valence-electron chi connectivity index (χ2n) is 5.16. The lowest BCUT2D eigenvalue weighted by Crippen LogP contribution is -2.59. The third-order valence-electron chi connectivity index (χ3n) is 2.49. The van der Waals surface area contributed by atoms with E-state index in [1.807, 2.05) is 34.8 Å². The van der Waals surface area contributed by atoms with Crippen molar-refractivity contribution in [2.45, 2.75) is 85.4 Å². The summed E-state index contributed by atoms with van der Waals surface area (Å²) in [4.78, 5) is 0. The molecule has 1 aliphatic heterocycles. The molecule has 100 valence electrons. The summed E-state index contributed by atoms with van der Waals surface area (Å²) in [6.45, 7) is 16.9. The molecule has 2 nitrogen and oxygen atoms in total. The average molecular weight is 231 g/mol. The topological polar surface area (TPSA) is 21.3 Å². The molecule has 0 amide bonds. The molecule has 0 radical (unpaired) electrons. The molecule has 0 saturated carbocycles. The lowest BCUT2D eigenvalue weighted by molar-refractivity contribution is 0.00597. The first-order valence-corrected chi connectivity index (χ1v) is 6.67. The van der Waals surface area contributed by atoms with Crippen molar-refractivity contribution in [2.75, 3.05) is 7.11 Å². The van der Waals surface area contributed by atoms with Crippen LogP contribution in [0.15, 0.2) is 0 Å². The summed E-state index contributed by atoms with van der Waals surface area (Å²) in [5, 5.41) is 3.62. The van der Waals surface area contributed by atoms with Gasteiger partial charge in [0.15, 0.2) is 0 Å². The molecule has 0 aromatic rings. The largest absolute Gasteiger partial charge is 0.381 e. The Kier molecular flexibility index (Phi) is 9.23. The van der Waals surface area contributed by atoms with Gasteiger partial charge < -0.3 is 10.1 Å². The van der Waals surface area contributed by atoms with Crippen LogP contribution >= 0.6 is 0 Å². The first kappa shape index (κ1) is 18.3. The number of hydrogen-bond acceptors (Lipinski definition) is 2.